The highest BCUT2D eigenvalue weighted by atomic mass is 16.5. The molecule has 0 bridgehead atoms. The molecule has 4 aromatic rings. The molecule has 5 rings (SSSR count). The number of rotatable bonds is 8. The van der Waals surface area contributed by atoms with Crippen LogP contribution in [-0.4, -0.2) is 30.0 Å². The highest BCUT2D eigenvalue weighted by Crippen LogP contribution is 2.43. The molecule has 1 aliphatic rings. The quantitative estimate of drug-likeness (QED) is 0.309. The SMILES string of the molecule is CCOc1ccc(C2C(C(=O)c3cc4ccccc4o3)=C(O)C(=O)N2c2cccc(OCC)c2)cc1. The molecule has 1 aliphatic heterocycles. The van der Waals surface area contributed by atoms with E-state index in [1.54, 1.807) is 60.7 Å². The van der Waals surface area contributed by atoms with Crippen molar-refractivity contribution in [1.29, 1.82) is 0 Å². The number of aliphatic hydroxyl groups is 1. The Hall–Kier alpha value is -4.52. The van der Waals surface area contributed by atoms with Gasteiger partial charge in [0.2, 0.25) is 5.78 Å². The zero-order chi connectivity index (χ0) is 25.2. The highest BCUT2D eigenvalue weighted by molar-refractivity contribution is 6.20. The molecule has 1 amide bonds. The Bertz CT molecular complexity index is 1430. The van der Waals surface area contributed by atoms with Crippen molar-refractivity contribution in [2.24, 2.45) is 0 Å². The highest BCUT2D eigenvalue weighted by Gasteiger charge is 2.45. The Morgan fingerprint density at radius 2 is 1.64 bits per heavy atom. The molecule has 0 saturated carbocycles. The number of hydrogen-bond acceptors (Lipinski definition) is 6. The lowest BCUT2D eigenvalue weighted by Gasteiger charge is -2.27. The first-order valence-electron chi connectivity index (χ1n) is 11.8. The third-order valence-electron chi connectivity index (χ3n) is 6.02. The maximum absolute atomic E-state index is 13.7. The lowest BCUT2D eigenvalue weighted by molar-refractivity contribution is -0.117. The van der Waals surface area contributed by atoms with Crippen molar-refractivity contribution in [3.8, 4) is 11.5 Å². The monoisotopic (exact) mass is 483 g/mol. The fraction of sp³-hybridized carbons (Fsp3) is 0.172. The Morgan fingerprint density at radius 1 is 0.917 bits per heavy atom. The molecule has 1 unspecified atom stereocenters. The number of benzene rings is 3. The molecule has 0 saturated heterocycles. The Balaban J connectivity index is 1.63. The molecular formula is C29H25NO6. The Morgan fingerprint density at radius 3 is 2.36 bits per heavy atom. The molecular weight excluding hydrogens is 458 g/mol. The van der Waals surface area contributed by atoms with Gasteiger partial charge in [-0.3, -0.25) is 14.5 Å². The number of ether oxygens (including phenoxy) is 2. The molecule has 7 heteroatoms. The number of amides is 1. The van der Waals surface area contributed by atoms with Crippen LogP contribution in [0.3, 0.4) is 0 Å². The molecule has 0 radical (unpaired) electrons. The van der Waals surface area contributed by atoms with Crippen molar-refractivity contribution in [3.63, 3.8) is 0 Å². The number of aliphatic hydroxyl groups excluding tert-OH is 1. The van der Waals surface area contributed by atoms with E-state index in [0.29, 0.717) is 41.5 Å². The van der Waals surface area contributed by atoms with E-state index in [4.69, 9.17) is 13.9 Å². The zero-order valence-electron chi connectivity index (χ0n) is 19.9. The average molecular weight is 484 g/mol. The number of fused-ring (bicyclic) bond motifs is 1. The second-order valence-corrected chi connectivity index (χ2v) is 8.25. The minimum absolute atomic E-state index is 0.0476. The first kappa shape index (κ1) is 23.2. The molecule has 1 atom stereocenters. The summed E-state index contributed by atoms with van der Waals surface area (Å²) < 4.78 is 17.0. The van der Waals surface area contributed by atoms with Crippen molar-refractivity contribution in [2.75, 3.05) is 18.1 Å². The molecule has 7 nitrogen and oxygen atoms in total. The zero-order valence-corrected chi connectivity index (χ0v) is 19.9. The molecule has 0 fully saturated rings. The Labute approximate surface area is 208 Å². The summed E-state index contributed by atoms with van der Waals surface area (Å²) in [4.78, 5) is 28.6. The van der Waals surface area contributed by atoms with Gasteiger partial charge in [-0.1, -0.05) is 36.4 Å². The fourth-order valence-electron chi connectivity index (χ4n) is 4.45. The summed E-state index contributed by atoms with van der Waals surface area (Å²) in [6.45, 7) is 4.72. The van der Waals surface area contributed by atoms with Crippen molar-refractivity contribution in [3.05, 3.63) is 102 Å². The summed E-state index contributed by atoms with van der Waals surface area (Å²) in [6, 6.07) is 22.1. The van der Waals surface area contributed by atoms with Gasteiger partial charge in [-0.15, -0.1) is 0 Å². The average Bonchev–Trinajstić information content (AvgIpc) is 3.44. The number of ketones is 1. The minimum atomic E-state index is -0.884. The number of para-hydroxylation sites is 1. The van der Waals surface area contributed by atoms with Gasteiger partial charge in [0.1, 0.15) is 17.1 Å². The number of furan rings is 1. The number of anilines is 1. The van der Waals surface area contributed by atoms with Gasteiger partial charge < -0.3 is 19.0 Å². The molecule has 1 aromatic heterocycles. The van der Waals surface area contributed by atoms with E-state index in [-0.39, 0.29) is 11.3 Å². The van der Waals surface area contributed by atoms with Crippen LogP contribution in [0.5, 0.6) is 11.5 Å². The number of hydrogen-bond donors (Lipinski definition) is 1. The molecule has 0 spiro atoms. The molecule has 0 aliphatic carbocycles. The smallest absolute Gasteiger partial charge is 0.294 e. The van der Waals surface area contributed by atoms with Crippen molar-refractivity contribution in [2.45, 2.75) is 19.9 Å². The molecule has 182 valence electrons. The standard InChI is InChI=1S/C29H25NO6/c1-3-34-21-14-12-18(13-15-21)26-25(27(31)24-16-19-8-5-6-11-23(19)36-24)28(32)29(33)30(26)20-9-7-10-22(17-20)35-4-2/h5-17,26,32H,3-4H2,1-2H3. The number of Topliss-reactive ketones (excluding diaryl/α,β-unsaturated/α-hetero) is 1. The first-order chi connectivity index (χ1) is 17.5. The second kappa shape index (κ2) is 9.62. The topological polar surface area (TPSA) is 89.2 Å². The van der Waals surface area contributed by atoms with Crippen LogP contribution in [0.1, 0.15) is 36.0 Å². The fourth-order valence-corrected chi connectivity index (χ4v) is 4.45. The molecule has 1 N–H and O–H groups in total. The molecule has 2 heterocycles. The lowest BCUT2D eigenvalue weighted by Crippen LogP contribution is -2.31. The van der Waals surface area contributed by atoms with Gasteiger partial charge in [-0.05, 0) is 55.8 Å². The predicted molar refractivity (Wildman–Crippen MR) is 136 cm³/mol. The van der Waals surface area contributed by atoms with E-state index in [0.717, 1.165) is 5.39 Å². The maximum atomic E-state index is 13.7. The summed E-state index contributed by atoms with van der Waals surface area (Å²) in [5, 5.41) is 11.8. The van der Waals surface area contributed by atoms with Crippen LogP contribution in [0.15, 0.2) is 94.6 Å². The predicted octanol–water partition coefficient (Wildman–Crippen LogP) is 6.01. The van der Waals surface area contributed by atoms with Crippen molar-refractivity contribution in [1.82, 2.24) is 0 Å². The van der Waals surface area contributed by atoms with Crippen LogP contribution in [0.25, 0.3) is 11.0 Å². The van der Waals surface area contributed by atoms with Crippen LogP contribution in [0.4, 0.5) is 5.69 Å². The van der Waals surface area contributed by atoms with E-state index in [9.17, 15) is 14.7 Å². The van der Waals surface area contributed by atoms with Gasteiger partial charge in [0.15, 0.2) is 11.5 Å². The second-order valence-electron chi connectivity index (χ2n) is 8.25. The molecule has 36 heavy (non-hydrogen) atoms. The van der Waals surface area contributed by atoms with Crippen LogP contribution >= 0.6 is 0 Å². The van der Waals surface area contributed by atoms with E-state index in [1.807, 2.05) is 32.0 Å². The van der Waals surface area contributed by atoms with Gasteiger partial charge in [0.25, 0.3) is 5.91 Å². The van der Waals surface area contributed by atoms with Crippen LogP contribution in [-0.2, 0) is 4.79 Å². The summed E-state index contributed by atoms with van der Waals surface area (Å²) in [7, 11) is 0. The normalized spacial score (nSPS) is 15.6. The van der Waals surface area contributed by atoms with Gasteiger partial charge in [0, 0.05) is 17.1 Å². The van der Waals surface area contributed by atoms with E-state index < -0.39 is 23.5 Å². The van der Waals surface area contributed by atoms with Gasteiger partial charge >= 0.3 is 0 Å². The third kappa shape index (κ3) is 4.09. The van der Waals surface area contributed by atoms with E-state index >= 15 is 0 Å². The van der Waals surface area contributed by atoms with Crippen LogP contribution in [0.2, 0.25) is 0 Å². The Kier molecular flexibility index (Phi) is 6.21. The summed E-state index contributed by atoms with van der Waals surface area (Å²) in [5.41, 5.74) is 1.62. The summed E-state index contributed by atoms with van der Waals surface area (Å²) in [6.07, 6.45) is 0. The van der Waals surface area contributed by atoms with E-state index in [2.05, 4.69) is 0 Å². The van der Waals surface area contributed by atoms with E-state index in [1.165, 1.54) is 4.90 Å². The third-order valence-corrected chi connectivity index (χ3v) is 6.02. The van der Waals surface area contributed by atoms with Gasteiger partial charge in [-0.25, -0.2) is 0 Å². The summed E-state index contributed by atoms with van der Waals surface area (Å²) >= 11 is 0. The van der Waals surface area contributed by atoms with Crippen LogP contribution in [0, 0.1) is 0 Å². The maximum Gasteiger partial charge on any atom is 0.294 e. The van der Waals surface area contributed by atoms with Crippen LogP contribution < -0.4 is 14.4 Å². The van der Waals surface area contributed by atoms with Crippen molar-refractivity contribution < 1.29 is 28.6 Å². The van der Waals surface area contributed by atoms with Crippen molar-refractivity contribution >= 4 is 28.3 Å². The number of carbonyl (C=O) groups excluding carboxylic acids is 2. The first-order valence-corrected chi connectivity index (χ1v) is 11.8. The number of nitrogens with zero attached hydrogens (tertiary/aromatic N) is 1. The lowest BCUT2D eigenvalue weighted by atomic mass is 9.94. The number of carbonyl (C=O) groups is 2. The van der Waals surface area contributed by atoms with Gasteiger partial charge in [0.05, 0.1) is 24.8 Å². The summed E-state index contributed by atoms with van der Waals surface area (Å²) in [5.74, 6) is -0.562. The minimum Gasteiger partial charge on any atom is -0.503 e. The largest absolute Gasteiger partial charge is 0.503 e. The van der Waals surface area contributed by atoms with Gasteiger partial charge in [-0.2, -0.15) is 0 Å². The molecule has 3 aromatic carbocycles.